The highest BCUT2D eigenvalue weighted by Crippen LogP contribution is 2.48. The highest BCUT2D eigenvalue weighted by molar-refractivity contribution is 5.47. The smallest absolute Gasteiger partial charge is 0.158 e. The molecule has 0 amide bonds. The molecule has 6 heteroatoms. The van der Waals surface area contributed by atoms with E-state index in [2.05, 4.69) is 27.5 Å². The summed E-state index contributed by atoms with van der Waals surface area (Å²) in [5.41, 5.74) is 0.262. The molecule has 6 nitrogen and oxygen atoms in total. The van der Waals surface area contributed by atoms with Gasteiger partial charge in [-0.25, -0.2) is 9.97 Å². The molecule has 1 aromatic rings. The van der Waals surface area contributed by atoms with Gasteiger partial charge in [-0.3, -0.25) is 0 Å². The number of ether oxygens (including phenoxy) is 1. The fourth-order valence-electron chi connectivity index (χ4n) is 2.33. The highest BCUT2D eigenvalue weighted by atomic mass is 16.5. The second-order valence-electron chi connectivity index (χ2n) is 5.74. The lowest BCUT2D eigenvalue weighted by Crippen LogP contribution is -2.18. The van der Waals surface area contributed by atoms with Gasteiger partial charge in [-0.05, 0) is 31.1 Å². The summed E-state index contributed by atoms with van der Waals surface area (Å²) < 4.78 is 5.13. The van der Waals surface area contributed by atoms with Crippen molar-refractivity contribution in [3.8, 4) is 0 Å². The summed E-state index contributed by atoms with van der Waals surface area (Å²) >= 11 is 0. The Kier molecular flexibility index (Phi) is 5.76. The summed E-state index contributed by atoms with van der Waals surface area (Å²) in [5, 5.41) is 15.8. The largest absolute Gasteiger partial charge is 0.396 e. The van der Waals surface area contributed by atoms with E-state index in [1.165, 1.54) is 12.8 Å². The number of anilines is 2. The van der Waals surface area contributed by atoms with Gasteiger partial charge in [0.25, 0.3) is 0 Å². The fraction of sp³-hybridized carbons (Fsp3) is 0.733. The standard InChI is InChI=1S/C15H26N4O2/c1-3-7-16-12-9-13(19-14(18-12)10-21-2)17-11-15(4-5-15)6-8-20/h9,20H,3-8,10-11H2,1-2H3,(H2,16,17,18,19). The van der Waals surface area contributed by atoms with Crippen molar-refractivity contribution in [1.29, 1.82) is 0 Å². The first-order valence-electron chi connectivity index (χ1n) is 7.67. The number of aliphatic hydroxyl groups excluding tert-OH is 1. The van der Waals surface area contributed by atoms with Crippen LogP contribution in [0.25, 0.3) is 0 Å². The third kappa shape index (κ3) is 4.82. The van der Waals surface area contributed by atoms with Crippen LogP contribution in [0.2, 0.25) is 0 Å². The van der Waals surface area contributed by atoms with E-state index in [0.29, 0.717) is 12.4 Å². The lowest BCUT2D eigenvalue weighted by Gasteiger charge is -2.16. The maximum Gasteiger partial charge on any atom is 0.158 e. The summed E-state index contributed by atoms with van der Waals surface area (Å²) in [7, 11) is 1.64. The van der Waals surface area contributed by atoms with Crippen LogP contribution in [0.4, 0.5) is 11.6 Å². The van der Waals surface area contributed by atoms with Crippen LogP contribution >= 0.6 is 0 Å². The molecular weight excluding hydrogens is 268 g/mol. The number of aliphatic hydroxyl groups is 1. The minimum Gasteiger partial charge on any atom is -0.396 e. The van der Waals surface area contributed by atoms with Crippen molar-refractivity contribution in [2.45, 2.75) is 39.2 Å². The molecular formula is C15H26N4O2. The van der Waals surface area contributed by atoms with E-state index in [-0.39, 0.29) is 12.0 Å². The highest BCUT2D eigenvalue weighted by Gasteiger charge is 2.41. The molecule has 0 unspecified atom stereocenters. The zero-order chi connectivity index (χ0) is 15.1. The SMILES string of the molecule is CCCNc1cc(NCC2(CCO)CC2)nc(COC)n1. The number of methoxy groups -OCH3 is 1. The van der Waals surface area contributed by atoms with Crippen molar-refractivity contribution in [2.75, 3.05) is 37.4 Å². The van der Waals surface area contributed by atoms with Gasteiger partial charge in [0.15, 0.2) is 5.82 Å². The Morgan fingerprint density at radius 2 is 2.00 bits per heavy atom. The van der Waals surface area contributed by atoms with Gasteiger partial charge in [0.1, 0.15) is 18.2 Å². The van der Waals surface area contributed by atoms with Gasteiger partial charge < -0.3 is 20.5 Å². The van der Waals surface area contributed by atoms with E-state index in [4.69, 9.17) is 9.84 Å². The van der Waals surface area contributed by atoms with Crippen molar-refractivity contribution in [3.63, 3.8) is 0 Å². The van der Waals surface area contributed by atoms with Crippen LogP contribution in [-0.2, 0) is 11.3 Å². The molecule has 1 aliphatic rings. The van der Waals surface area contributed by atoms with E-state index in [0.717, 1.165) is 37.6 Å². The van der Waals surface area contributed by atoms with Crippen LogP contribution in [-0.4, -0.2) is 41.9 Å². The molecule has 0 aromatic carbocycles. The summed E-state index contributed by atoms with van der Waals surface area (Å²) in [6, 6.07) is 1.93. The van der Waals surface area contributed by atoms with Gasteiger partial charge in [0, 0.05) is 32.9 Å². The van der Waals surface area contributed by atoms with E-state index in [1.807, 2.05) is 6.07 Å². The molecule has 118 valence electrons. The molecule has 0 radical (unpaired) electrons. The maximum absolute atomic E-state index is 9.11. The molecule has 1 heterocycles. The number of hydrogen-bond donors (Lipinski definition) is 3. The van der Waals surface area contributed by atoms with Crippen LogP contribution in [0, 0.1) is 5.41 Å². The fourth-order valence-corrected chi connectivity index (χ4v) is 2.33. The van der Waals surface area contributed by atoms with Crippen molar-refractivity contribution < 1.29 is 9.84 Å². The molecule has 21 heavy (non-hydrogen) atoms. The molecule has 1 fully saturated rings. The second-order valence-corrected chi connectivity index (χ2v) is 5.74. The Morgan fingerprint density at radius 1 is 1.29 bits per heavy atom. The van der Waals surface area contributed by atoms with Gasteiger partial charge in [-0.2, -0.15) is 0 Å². The van der Waals surface area contributed by atoms with E-state index >= 15 is 0 Å². The average Bonchev–Trinajstić information content (AvgIpc) is 3.24. The molecule has 3 N–H and O–H groups in total. The molecule has 0 atom stereocenters. The van der Waals surface area contributed by atoms with Crippen molar-refractivity contribution >= 4 is 11.6 Å². The first-order valence-corrected chi connectivity index (χ1v) is 7.67. The van der Waals surface area contributed by atoms with E-state index in [1.54, 1.807) is 7.11 Å². The monoisotopic (exact) mass is 294 g/mol. The summed E-state index contributed by atoms with van der Waals surface area (Å²) in [6.45, 7) is 4.51. The third-order valence-corrected chi connectivity index (χ3v) is 3.85. The Balaban J connectivity index is 2.01. The quantitative estimate of drug-likeness (QED) is 0.613. The number of rotatable bonds is 10. The molecule has 1 aromatic heterocycles. The van der Waals surface area contributed by atoms with Crippen LogP contribution < -0.4 is 10.6 Å². The minimum absolute atomic E-state index is 0.254. The van der Waals surface area contributed by atoms with Gasteiger partial charge in [-0.1, -0.05) is 6.92 Å². The Hall–Kier alpha value is -1.40. The number of aromatic nitrogens is 2. The van der Waals surface area contributed by atoms with Crippen molar-refractivity contribution in [3.05, 3.63) is 11.9 Å². The van der Waals surface area contributed by atoms with E-state index < -0.39 is 0 Å². The molecule has 0 aliphatic heterocycles. The Labute approximate surface area is 126 Å². The molecule has 0 saturated heterocycles. The first-order chi connectivity index (χ1) is 10.2. The molecule has 1 saturated carbocycles. The normalized spacial score (nSPS) is 15.8. The topological polar surface area (TPSA) is 79.3 Å². The van der Waals surface area contributed by atoms with Crippen LogP contribution in [0.5, 0.6) is 0 Å². The zero-order valence-corrected chi connectivity index (χ0v) is 13.0. The van der Waals surface area contributed by atoms with Gasteiger partial charge in [-0.15, -0.1) is 0 Å². The predicted octanol–water partition coefficient (Wildman–Crippen LogP) is 2.02. The lowest BCUT2D eigenvalue weighted by molar-refractivity contribution is 0.178. The third-order valence-electron chi connectivity index (χ3n) is 3.85. The maximum atomic E-state index is 9.11. The van der Waals surface area contributed by atoms with Crippen LogP contribution in [0.3, 0.4) is 0 Å². The summed E-state index contributed by atoms with van der Waals surface area (Å²) in [6.07, 6.45) is 4.26. The molecule has 0 spiro atoms. The molecule has 2 rings (SSSR count). The van der Waals surface area contributed by atoms with Crippen LogP contribution in [0.1, 0.15) is 38.4 Å². The summed E-state index contributed by atoms with van der Waals surface area (Å²) in [4.78, 5) is 8.90. The van der Waals surface area contributed by atoms with Gasteiger partial charge in [0.05, 0.1) is 0 Å². The molecule has 1 aliphatic carbocycles. The van der Waals surface area contributed by atoms with Gasteiger partial charge in [0.2, 0.25) is 0 Å². The number of hydrogen-bond acceptors (Lipinski definition) is 6. The zero-order valence-electron chi connectivity index (χ0n) is 13.0. The first kappa shape index (κ1) is 16.0. The van der Waals surface area contributed by atoms with Crippen molar-refractivity contribution in [1.82, 2.24) is 9.97 Å². The lowest BCUT2D eigenvalue weighted by atomic mass is 10.0. The van der Waals surface area contributed by atoms with Gasteiger partial charge >= 0.3 is 0 Å². The van der Waals surface area contributed by atoms with Crippen molar-refractivity contribution in [2.24, 2.45) is 5.41 Å². The Morgan fingerprint density at radius 3 is 2.57 bits per heavy atom. The average molecular weight is 294 g/mol. The second kappa shape index (κ2) is 7.56. The number of nitrogens with zero attached hydrogens (tertiary/aromatic N) is 2. The minimum atomic E-state index is 0.254. The predicted molar refractivity (Wildman–Crippen MR) is 83.4 cm³/mol. The van der Waals surface area contributed by atoms with E-state index in [9.17, 15) is 0 Å². The summed E-state index contributed by atoms with van der Waals surface area (Å²) in [5.74, 6) is 2.32. The molecule has 0 bridgehead atoms. The number of nitrogens with one attached hydrogen (secondary N) is 2. The van der Waals surface area contributed by atoms with Crippen LogP contribution in [0.15, 0.2) is 6.07 Å². The Bertz CT molecular complexity index is 449.